The van der Waals surface area contributed by atoms with Crippen molar-refractivity contribution in [3.63, 3.8) is 0 Å². The van der Waals surface area contributed by atoms with Crippen LogP contribution in [0.2, 0.25) is 0 Å². The molecule has 1 aliphatic heterocycles. The highest BCUT2D eigenvalue weighted by Gasteiger charge is 2.18. The highest BCUT2D eigenvalue weighted by atomic mass is 16.5. The van der Waals surface area contributed by atoms with E-state index >= 15 is 0 Å². The van der Waals surface area contributed by atoms with Crippen LogP contribution in [-0.4, -0.2) is 50.7 Å². The number of morpholine rings is 1. The van der Waals surface area contributed by atoms with E-state index in [4.69, 9.17) is 9.47 Å². The molecular formula is C13H20NO3+. The Hall–Kier alpha value is -1.10. The average molecular weight is 238 g/mol. The van der Waals surface area contributed by atoms with Crippen LogP contribution in [0.15, 0.2) is 30.3 Å². The molecule has 1 saturated heterocycles. The summed E-state index contributed by atoms with van der Waals surface area (Å²) < 4.78 is 10.8. The van der Waals surface area contributed by atoms with Gasteiger partial charge in [-0.05, 0) is 12.1 Å². The SMILES string of the molecule is O[C@H](COc1ccccc1)C[NH+]1CCOCC1. The second-order valence-electron chi connectivity index (χ2n) is 4.34. The van der Waals surface area contributed by atoms with Crippen molar-refractivity contribution in [2.24, 2.45) is 0 Å². The van der Waals surface area contributed by atoms with Crippen LogP contribution in [0.25, 0.3) is 0 Å². The first-order valence-electron chi connectivity index (χ1n) is 6.12. The predicted molar refractivity (Wildman–Crippen MR) is 64.3 cm³/mol. The molecule has 4 nitrogen and oxygen atoms in total. The molecule has 0 amide bonds. The van der Waals surface area contributed by atoms with E-state index in [9.17, 15) is 5.11 Å². The molecular weight excluding hydrogens is 218 g/mol. The van der Waals surface area contributed by atoms with Gasteiger partial charge in [-0.15, -0.1) is 0 Å². The van der Waals surface area contributed by atoms with Gasteiger partial charge in [0.15, 0.2) is 0 Å². The Kier molecular flexibility index (Phi) is 4.79. The summed E-state index contributed by atoms with van der Waals surface area (Å²) in [6.07, 6.45) is -0.414. The lowest BCUT2D eigenvalue weighted by Gasteiger charge is -2.25. The van der Waals surface area contributed by atoms with Crippen molar-refractivity contribution in [1.82, 2.24) is 0 Å². The number of benzene rings is 1. The lowest BCUT2D eigenvalue weighted by molar-refractivity contribution is -0.911. The molecule has 0 aliphatic carbocycles. The van der Waals surface area contributed by atoms with Crippen LogP contribution < -0.4 is 9.64 Å². The lowest BCUT2D eigenvalue weighted by Crippen LogP contribution is -3.15. The second kappa shape index (κ2) is 6.59. The zero-order valence-corrected chi connectivity index (χ0v) is 9.97. The largest absolute Gasteiger partial charge is 0.491 e. The number of aliphatic hydroxyl groups is 1. The van der Waals surface area contributed by atoms with Crippen LogP contribution in [0.4, 0.5) is 0 Å². The number of aliphatic hydroxyl groups excluding tert-OH is 1. The zero-order chi connectivity index (χ0) is 11.9. The fraction of sp³-hybridized carbons (Fsp3) is 0.538. The van der Waals surface area contributed by atoms with Crippen molar-refractivity contribution in [2.75, 3.05) is 39.5 Å². The first-order chi connectivity index (χ1) is 8.34. The van der Waals surface area contributed by atoms with Crippen molar-refractivity contribution in [3.8, 4) is 5.75 Å². The van der Waals surface area contributed by atoms with E-state index in [1.165, 1.54) is 4.90 Å². The Morgan fingerprint density at radius 3 is 2.65 bits per heavy atom. The number of nitrogens with one attached hydrogen (secondary N) is 1. The topological polar surface area (TPSA) is 43.1 Å². The van der Waals surface area contributed by atoms with E-state index < -0.39 is 6.10 Å². The third kappa shape index (κ3) is 4.34. The number of ether oxygens (including phenoxy) is 2. The summed E-state index contributed by atoms with van der Waals surface area (Å²) in [5, 5.41) is 9.88. The molecule has 0 radical (unpaired) electrons. The molecule has 2 rings (SSSR count). The molecule has 94 valence electrons. The highest BCUT2D eigenvalue weighted by molar-refractivity contribution is 5.20. The Morgan fingerprint density at radius 1 is 1.24 bits per heavy atom. The molecule has 1 aromatic carbocycles. The number of hydrogen-bond acceptors (Lipinski definition) is 3. The minimum absolute atomic E-state index is 0.356. The molecule has 17 heavy (non-hydrogen) atoms. The van der Waals surface area contributed by atoms with Gasteiger partial charge in [0.25, 0.3) is 0 Å². The van der Waals surface area contributed by atoms with Crippen molar-refractivity contribution >= 4 is 0 Å². The van der Waals surface area contributed by atoms with Crippen molar-refractivity contribution in [2.45, 2.75) is 6.10 Å². The van der Waals surface area contributed by atoms with Gasteiger partial charge in [0.2, 0.25) is 0 Å². The Labute approximate surface area is 102 Å². The third-order valence-electron chi connectivity index (χ3n) is 2.91. The summed E-state index contributed by atoms with van der Waals surface area (Å²) in [5.41, 5.74) is 0. The van der Waals surface area contributed by atoms with Crippen LogP contribution in [0, 0.1) is 0 Å². The molecule has 1 aromatic rings. The minimum atomic E-state index is -0.414. The van der Waals surface area contributed by atoms with Crippen molar-refractivity contribution < 1.29 is 19.5 Å². The smallest absolute Gasteiger partial charge is 0.137 e. The van der Waals surface area contributed by atoms with E-state index in [1.807, 2.05) is 30.3 Å². The summed E-state index contributed by atoms with van der Waals surface area (Å²) in [7, 11) is 0. The molecule has 4 heteroatoms. The predicted octanol–water partition coefficient (Wildman–Crippen LogP) is -0.659. The van der Waals surface area contributed by atoms with Crippen molar-refractivity contribution in [1.29, 1.82) is 0 Å². The van der Waals surface area contributed by atoms with Crippen LogP contribution in [-0.2, 0) is 4.74 Å². The van der Waals surface area contributed by atoms with Crippen molar-refractivity contribution in [3.05, 3.63) is 30.3 Å². The van der Waals surface area contributed by atoms with Gasteiger partial charge in [0.1, 0.15) is 38.1 Å². The molecule has 1 fully saturated rings. The fourth-order valence-electron chi connectivity index (χ4n) is 1.97. The van der Waals surface area contributed by atoms with E-state index in [0.717, 1.165) is 38.6 Å². The van der Waals surface area contributed by atoms with Gasteiger partial charge in [-0.2, -0.15) is 0 Å². The van der Waals surface area contributed by atoms with Gasteiger partial charge in [0.05, 0.1) is 13.2 Å². The highest BCUT2D eigenvalue weighted by Crippen LogP contribution is 2.08. The van der Waals surface area contributed by atoms with E-state index in [2.05, 4.69) is 0 Å². The molecule has 0 bridgehead atoms. The number of rotatable bonds is 5. The Morgan fingerprint density at radius 2 is 1.94 bits per heavy atom. The molecule has 0 spiro atoms. The first kappa shape index (κ1) is 12.4. The molecule has 2 N–H and O–H groups in total. The van der Waals surface area contributed by atoms with Gasteiger partial charge in [-0.1, -0.05) is 18.2 Å². The monoisotopic (exact) mass is 238 g/mol. The van der Waals surface area contributed by atoms with Gasteiger partial charge in [-0.25, -0.2) is 0 Å². The standard InChI is InChI=1S/C13H19NO3/c15-12(10-14-6-8-16-9-7-14)11-17-13-4-2-1-3-5-13/h1-5,12,15H,6-11H2/p+1/t12-/m0/s1. The Balaban J connectivity index is 1.68. The number of quaternary nitrogens is 1. The molecule has 1 atom stereocenters. The maximum atomic E-state index is 9.88. The quantitative estimate of drug-likeness (QED) is 0.716. The summed E-state index contributed by atoms with van der Waals surface area (Å²) in [6, 6.07) is 9.59. The third-order valence-corrected chi connectivity index (χ3v) is 2.91. The first-order valence-corrected chi connectivity index (χ1v) is 6.12. The Bertz CT molecular complexity index is 312. The van der Waals surface area contributed by atoms with Crippen LogP contribution in [0.3, 0.4) is 0 Å². The second-order valence-corrected chi connectivity index (χ2v) is 4.34. The van der Waals surface area contributed by atoms with Gasteiger partial charge in [0, 0.05) is 0 Å². The zero-order valence-electron chi connectivity index (χ0n) is 9.97. The maximum absolute atomic E-state index is 9.88. The maximum Gasteiger partial charge on any atom is 0.137 e. The normalized spacial score (nSPS) is 18.9. The molecule has 0 saturated carbocycles. The van der Waals surface area contributed by atoms with Crippen LogP contribution in [0.5, 0.6) is 5.75 Å². The van der Waals surface area contributed by atoms with Gasteiger partial charge < -0.3 is 19.5 Å². The summed E-state index contributed by atoms with van der Waals surface area (Å²) in [4.78, 5) is 1.39. The van der Waals surface area contributed by atoms with Crippen LogP contribution >= 0.6 is 0 Å². The number of hydrogen-bond donors (Lipinski definition) is 2. The molecule has 1 aliphatic rings. The fourth-order valence-corrected chi connectivity index (χ4v) is 1.97. The van der Waals surface area contributed by atoms with E-state index in [-0.39, 0.29) is 0 Å². The summed E-state index contributed by atoms with van der Waals surface area (Å²) in [6.45, 7) is 4.62. The van der Waals surface area contributed by atoms with Gasteiger partial charge in [-0.3, -0.25) is 0 Å². The number of para-hydroxylation sites is 1. The molecule has 1 heterocycles. The van der Waals surface area contributed by atoms with E-state index in [0.29, 0.717) is 6.61 Å². The molecule has 0 unspecified atom stereocenters. The van der Waals surface area contributed by atoms with Gasteiger partial charge >= 0.3 is 0 Å². The summed E-state index contributed by atoms with van der Waals surface area (Å²) >= 11 is 0. The molecule has 0 aromatic heterocycles. The minimum Gasteiger partial charge on any atom is -0.491 e. The average Bonchev–Trinajstić information content (AvgIpc) is 2.39. The van der Waals surface area contributed by atoms with Crippen LogP contribution in [0.1, 0.15) is 0 Å². The summed E-state index contributed by atoms with van der Waals surface area (Å²) in [5.74, 6) is 0.809. The lowest BCUT2D eigenvalue weighted by atomic mass is 10.3. The van der Waals surface area contributed by atoms with E-state index in [1.54, 1.807) is 0 Å².